The first kappa shape index (κ1) is 13.4. The fourth-order valence-corrected chi connectivity index (χ4v) is 1.07. The van der Waals surface area contributed by atoms with Gasteiger partial charge in [-0.25, -0.2) is 0 Å². The lowest BCUT2D eigenvalue weighted by atomic mass is 9.99. The monoisotopic (exact) mass is 198 g/mol. The Kier molecular flexibility index (Phi) is 6.50. The molecule has 0 bridgehead atoms. The first-order valence-electron chi connectivity index (χ1n) is 4.94. The van der Waals surface area contributed by atoms with Gasteiger partial charge in [0.1, 0.15) is 6.79 Å². The van der Waals surface area contributed by atoms with E-state index in [4.69, 9.17) is 9.47 Å². The molecule has 0 aromatic heterocycles. The van der Waals surface area contributed by atoms with Crippen LogP contribution in [0.5, 0.6) is 0 Å². The molecule has 0 spiro atoms. The van der Waals surface area contributed by atoms with E-state index in [-0.39, 0.29) is 5.60 Å². The summed E-state index contributed by atoms with van der Waals surface area (Å²) in [6.07, 6.45) is 5.99. The zero-order valence-corrected chi connectivity index (χ0v) is 9.80. The molecular weight excluding hydrogens is 176 g/mol. The molecule has 0 fully saturated rings. The highest BCUT2D eigenvalue weighted by molar-refractivity contribution is 4.98. The van der Waals surface area contributed by atoms with Crippen molar-refractivity contribution in [2.45, 2.75) is 39.2 Å². The van der Waals surface area contributed by atoms with Crippen molar-refractivity contribution in [3.05, 3.63) is 24.3 Å². The van der Waals surface area contributed by atoms with Crippen LogP contribution in [0.3, 0.4) is 0 Å². The van der Waals surface area contributed by atoms with Crippen LogP contribution in [0, 0.1) is 0 Å². The molecular formula is C12H22O2. The van der Waals surface area contributed by atoms with Crippen molar-refractivity contribution in [2.24, 2.45) is 0 Å². The molecule has 0 rings (SSSR count). The summed E-state index contributed by atoms with van der Waals surface area (Å²) in [6.45, 7) is 10.3. The van der Waals surface area contributed by atoms with Gasteiger partial charge in [0.25, 0.3) is 0 Å². The van der Waals surface area contributed by atoms with Crippen LogP contribution in [0.25, 0.3) is 0 Å². The van der Waals surface area contributed by atoms with Crippen molar-refractivity contribution in [3.63, 3.8) is 0 Å². The molecule has 0 aromatic carbocycles. The quantitative estimate of drug-likeness (QED) is 0.461. The summed E-state index contributed by atoms with van der Waals surface area (Å²) in [7, 11) is 1.62. The second-order valence-corrected chi connectivity index (χ2v) is 3.89. The van der Waals surface area contributed by atoms with E-state index in [9.17, 15) is 0 Å². The molecule has 14 heavy (non-hydrogen) atoms. The smallest absolute Gasteiger partial charge is 0.147 e. The second-order valence-electron chi connectivity index (χ2n) is 3.89. The van der Waals surface area contributed by atoms with Gasteiger partial charge in [-0.3, -0.25) is 0 Å². The Morgan fingerprint density at radius 1 is 1.43 bits per heavy atom. The molecule has 0 aromatic rings. The van der Waals surface area contributed by atoms with Gasteiger partial charge < -0.3 is 9.47 Å². The minimum atomic E-state index is -0.276. The summed E-state index contributed by atoms with van der Waals surface area (Å²) in [5.41, 5.74) is 1.06. The molecule has 1 unspecified atom stereocenters. The molecule has 0 N–H and O–H groups in total. The summed E-state index contributed by atoms with van der Waals surface area (Å²) in [5, 5.41) is 0. The van der Waals surface area contributed by atoms with E-state index in [1.165, 1.54) is 5.57 Å². The largest absolute Gasteiger partial charge is 0.359 e. The number of hydrogen-bond donors (Lipinski definition) is 0. The van der Waals surface area contributed by atoms with Crippen LogP contribution in [-0.2, 0) is 9.47 Å². The van der Waals surface area contributed by atoms with Crippen LogP contribution in [0.1, 0.15) is 33.6 Å². The van der Waals surface area contributed by atoms with E-state index in [1.807, 2.05) is 13.0 Å². The predicted octanol–water partition coefficient (Wildman–Crippen LogP) is 3.30. The minimum Gasteiger partial charge on any atom is -0.359 e. The predicted molar refractivity (Wildman–Crippen MR) is 60.2 cm³/mol. The molecule has 0 saturated carbocycles. The van der Waals surface area contributed by atoms with E-state index in [2.05, 4.69) is 26.5 Å². The van der Waals surface area contributed by atoms with Gasteiger partial charge in [-0.1, -0.05) is 17.7 Å². The molecule has 0 aliphatic carbocycles. The highest BCUT2D eigenvalue weighted by Crippen LogP contribution is 2.19. The maximum absolute atomic E-state index is 5.54. The van der Waals surface area contributed by atoms with Gasteiger partial charge in [0.15, 0.2) is 0 Å². The summed E-state index contributed by atoms with van der Waals surface area (Å²) in [4.78, 5) is 0. The Morgan fingerprint density at radius 2 is 2.07 bits per heavy atom. The number of hydrogen-bond acceptors (Lipinski definition) is 2. The van der Waals surface area contributed by atoms with Gasteiger partial charge in [-0.2, -0.15) is 0 Å². The zero-order valence-electron chi connectivity index (χ0n) is 9.80. The molecule has 0 amide bonds. The Hall–Kier alpha value is -0.600. The van der Waals surface area contributed by atoms with E-state index in [0.29, 0.717) is 6.79 Å². The fraction of sp³-hybridized carbons (Fsp3) is 0.667. The fourth-order valence-electron chi connectivity index (χ4n) is 1.07. The van der Waals surface area contributed by atoms with Crippen molar-refractivity contribution in [1.82, 2.24) is 0 Å². The first-order valence-corrected chi connectivity index (χ1v) is 4.94. The molecule has 0 heterocycles. The zero-order chi connectivity index (χ0) is 11.0. The average molecular weight is 198 g/mol. The van der Waals surface area contributed by atoms with E-state index in [1.54, 1.807) is 7.11 Å². The SMILES string of the molecule is C=CC(C)(CCC=C(C)C)OCOC. The van der Waals surface area contributed by atoms with Crippen LogP contribution in [0.2, 0.25) is 0 Å². The van der Waals surface area contributed by atoms with Crippen molar-refractivity contribution < 1.29 is 9.47 Å². The molecule has 0 aliphatic rings. The van der Waals surface area contributed by atoms with Crippen LogP contribution >= 0.6 is 0 Å². The van der Waals surface area contributed by atoms with E-state index in [0.717, 1.165) is 12.8 Å². The van der Waals surface area contributed by atoms with Crippen molar-refractivity contribution in [1.29, 1.82) is 0 Å². The third-order valence-corrected chi connectivity index (χ3v) is 2.13. The van der Waals surface area contributed by atoms with E-state index >= 15 is 0 Å². The molecule has 1 atom stereocenters. The van der Waals surface area contributed by atoms with Crippen molar-refractivity contribution >= 4 is 0 Å². The highest BCUT2D eigenvalue weighted by Gasteiger charge is 2.19. The summed E-state index contributed by atoms with van der Waals surface area (Å²) < 4.78 is 10.4. The number of methoxy groups -OCH3 is 1. The molecule has 2 heteroatoms. The third kappa shape index (κ3) is 5.95. The summed E-state index contributed by atoms with van der Waals surface area (Å²) in [5.74, 6) is 0. The maximum Gasteiger partial charge on any atom is 0.147 e. The van der Waals surface area contributed by atoms with Crippen molar-refractivity contribution in [2.75, 3.05) is 13.9 Å². The number of allylic oxidation sites excluding steroid dienone is 2. The maximum atomic E-state index is 5.54. The Morgan fingerprint density at radius 3 is 2.50 bits per heavy atom. The Bertz CT molecular complexity index is 192. The summed E-state index contributed by atoms with van der Waals surface area (Å²) in [6, 6.07) is 0. The van der Waals surface area contributed by atoms with Crippen LogP contribution in [0.15, 0.2) is 24.3 Å². The minimum absolute atomic E-state index is 0.276. The molecule has 0 radical (unpaired) electrons. The van der Waals surface area contributed by atoms with Gasteiger partial charge in [0, 0.05) is 7.11 Å². The molecule has 0 aliphatic heterocycles. The Labute approximate surface area is 87.6 Å². The molecule has 82 valence electrons. The topological polar surface area (TPSA) is 18.5 Å². The summed E-state index contributed by atoms with van der Waals surface area (Å²) >= 11 is 0. The lowest BCUT2D eigenvalue weighted by molar-refractivity contribution is -0.102. The number of ether oxygens (including phenoxy) is 2. The number of rotatable bonds is 7. The Balaban J connectivity index is 3.98. The van der Waals surface area contributed by atoms with Gasteiger partial charge >= 0.3 is 0 Å². The lowest BCUT2D eigenvalue weighted by Crippen LogP contribution is -2.26. The standard InChI is InChI=1S/C12H22O2/c1-6-12(4,14-10-13-5)9-7-8-11(2)3/h6,8H,1,7,9-10H2,2-5H3. The molecule has 0 saturated heterocycles. The van der Waals surface area contributed by atoms with Gasteiger partial charge in [-0.05, 0) is 33.6 Å². The lowest BCUT2D eigenvalue weighted by Gasteiger charge is -2.25. The highest BCUT2D eigenvalue weighted by atomic mass is 16.7. The first-order chi connectivity index (χ1) is 6.54. The van der Waals surface area contributed by atoms with Gasteiger partial charge in [0.2, 0.25) is 0 Å². The third-order valence-electron chi connectivity index (χ3n) is 2.13. The van der Waals surface area contributed by atoms with Gasteiger partial charge in [0.05, 0.1) is 5.60 Å². The average Bonchev–Trinajstić information content (AvgIpc) is 2.14. The van der Waals surface area contributed by atoms with Crippen LogP contribution in [0.4, 0.5) is 0 Å². The van der Waals surface area contributed by atoms with E-state index < -0.39 is 0 Å². The second kappa shape index (κ2) is 6.80. The normalized spacial score (nSPS) is 14.6. The molecule has 2 nitrogen and oxygen atoms in total. The van der Waals surface area contributed by atoms with Crippen LogP contribution in [-0.4, -0.2) is 19.5 Å². The van der Waals surface area contributed by atoms with Crippen LogP contribution < -0.4 is 0 Å². The van der Waals surface area contributed by atoms with Gasteiger partial charge in [-0.15, -0.1) is 6.58 Å². The van der Waals surface area contributed by atoms with Crippen molar-refractivity contribution in [3.8, 4) is 0 Å².